The van der Waals surface area contributed by atoms with Crippen LogP contribution in [0.5, 0.6) is 11.5 Å². The zero-order valence-corrected chi connectivity index (χ0v) is 14.1. The lowest BCUT2D eigenvalue weighted by Gasteiger charge is -2.12. The summed E-state index contributed by atoms with van der Waals surface area (Å²) in [6.45, 7) is -0.792. The fourth-order valence-corrected chi connectivity index (χ4v) is 2.42. The third kappa shape index (κ3) is 3.86. The van der Waals surface area contributed by atoms with E-state index in [4.69, 9.17) is 25.4 Å². The molecule has 0 saturated carbocycles. The SMILES string of the molecule is NCC(=O)Oc1ccc2c(=O)cc(-c3ccccc3)oc2c1OC(=O)CN. The maximum absolute atomic E-state index is 12.5. The molecule has 27 heavy (non-hydrogen) atoms. The summed E-state index contributed by atoms with van der Waals surface area (Å²) >= 11 is 0. The average molecular weight is 368 g/mol. The van der Waals surface area contributed by atoms with Gasteiger partial charge in [-0.2, -0.15) is 0 Å². The molecule has 3 rings (SSSR count). The number of benzene rings is 2. The van der Waals surface area contributed by atoms with E-state index in [1.54, 1.807) is 24.3 Å². The summed E-state index contributed by atoms with van der Waals surface area (Å²) < 4.78 is 16.1. The Morgan fingerprint density at radius 1 is 0.926 bits per heavy atom. The van der Waals surface area contributed by atoms with Gasteiger partial charge in [-0.3, -0.25) is 14.4 Å². The minimum Gasteiger partial charge on any atom is -0.452 e. The van der Waals surface area contributed by atoms with E-state index < -0.39 is 18.5 Å². The molecule has 0 unspecified atom stereocenters. The van der Waals surface area contributed by atoms with Crippen molar-refractivity contribution in [2.75, 3.05) is 13.1 Å². The van der Waals surface area contributed by atoms with E-state index >= 15 is 0 Å². The van der Waals surface area contributed by atoms with Crippen LogP contribution in [0.15, 0.2) is 57.7 Å². The van der Waals surface area contributed by atoms with Crippen LogP contribution in [0.1, 0.15) is 0 Å². The fourth-order valence-electron chi connectivity index (χ4n) is 2.42. The predicted octanol–water partition coefficient (Wildman–Crippen LogP) is 1.19. The molecule has 8 heteroatoms. The molecule has 1 heterocycles. The number of fused-ring (bicyclic) bond motifs is 1. The maximum atomic E-state index is 12.5. The first-order chi connectivity index (χ1) is 13.0. The third-order valence-electron chi connectivity index (χ3n) is 3.65. The van der Waals surface area contributed by atoms with Gasteiger partial charge in [-0.25, -0.2) is 0 Å². The van der Waals surface area contributed by atoms with Crippen LogP contribution in [-0.2, 0) is 9.59 Å². The molecule has 0 aliphatic carbocycles. The number of esters is 2. The van der Waals surface area contributed by atoms with Gasteiger partial charge in [0.05, 0.1) is 18.5 Å². The summed E-state index contributed by atoms with van der Waals surface area (Å²) in [4.78, 5) is 35.8. The molecule has 0 aliphatic rings. The molecule has 0 amide bonds. The van der Waals surface area contributed by atoms with Gasteiger partial charge in [-0.05, 0) is 12.1 Å². The summed E-state index contributed by atoms with van der Waals surface area (Å²) in [5.74, 6) is -1.59. The Kier molecular flexibility index (Phi) is 5.30. The van der Waals surface area contributed by atoms with Crippen LogP contribution in [-0.4, -0.2) is 25.0 Å². The van der Waals surface area contributed by atoms with Crippen LogP contribution >= 0.6 is 0 Å². The number of carbonyl (C=O) groups is 2. The maximum Gasteiger partial charge on any atom is 0.325 e. The van der Waals surface area contributed by atoms with E-state index in [2.05, 4.69) is 0 Å². The lowest BCUT2D eigenvalue weighted by Crippen LogP contribution is -2.22. The first kappa shape index (κ1) is 18.3. The number of rotatable bonds is 5. The van der Waals surface area contributed by atoms with Crippen LogP contribution in [0, 0.1) is 0 Å². The van der Waals surface area contributed by atoms with E-state index in [0.717, 1.165) is 0 Å². The molecule has 0 aliphatic heterocycles. The smallest absolute Gasteiger partial charge is 0.325 e. The van der Waals surface area contributed by atoms with E-state index in [9.17, 15) is 14.4 Å². The molecular weight excluding hydrogens is 352 g/mol. The molecule has 2 aromatic carbocycles. The normalized spacial score (nSPS) is 10.6. The summed E-state index contributed by atoms with van der Waals surface area (Å²) in [5.41, 5.74) is 10.8. The minimum absolute atomic E-state index is 0.0366. The van der Waals surface area contributed by atoms with Gasteiger partial charge in [0, 0.05) is 11.6 Å². The second kappa shape index (κ2) is 7.81. The highest BCUT2D eigenvalue weighted by Gasteiger charge is 2.20. The average Bonchev–Trinajstić information content (AvgIpc) is 2.69. The Bertz CT molecular complexity index is 1060. The lowest BCUT2D eigenvalue weighted by molar-refractivity contribution is -0.135. The van der Waals surface area contributed by atoms with Crippen molar-refractivity contribution in [2.24, 2.45) is 11.5 Å². The number of ether oxygens (including phenoxy) is 2. The standard InChI is InChI=1S/C19H16N2O6/c20-9-16(23)25-14-7-6-12-13(22)8-15(11-4-2-1-3-5-11)26-18(12)19(14)27-17(24)10-21/h1-8H,9-10,20-21H2. The molecule has 0 saturated heterocycles. The zero-order valence-electron chi connectivity index (χ0n) is 14.1. The number of carbonyl (C=O) groups excluding carboxylic acids is 2. The Labute approximate surface area is 153 Å². The summed E-state index contributed by atoms with van der Waals surface area (Å²) in [5, 5.41) is 0.155. The zero-order chi connectivity index (χ0) is 19.4. The molecule has 0 atom stereocenters. The van der Waals surface area contributed by atoms with Crippen molar-refractivity contribution in [3.63, 3.8) is 0 Å². The van der Waals surface area contributed by atoms with Crippen LogP contribution < -0.4 is 26.4 Å². The van der Waals surface area contributed by atoms with Gasteiger partial charge in [0.15, 0.2) is 16.8 Å². The second-order valence-corrected chi connectivity index (χ2v) is 5.47. The topological polar surface area (TPSA) is 135 Å². The molecule has 1 aromatic heterocycles. The van der Waals surface area contributed by atoms with Gasteiger partial charge >= 0.3 is 11.9 Å². The van der Waals surface area contributed by atoms with Crippen molar-refractivity contribution in [3.8, 4) is 22.8 Å². The van der Waals surface area contributed by atoms with Gasteiger partial charge in [-0.15, -0.1) is 0 Å². The first-order valence-corrected chi connectivity index (χ1v) is 8.01. The molecule has 8 nitrogen and oxygen atoms in total. The molecular formula is C19H16N2O6. The molecule has 0 fully saturated rings. The lowest BCUT2D eigenvalue weighted by atomic mass is 10.1. The number of hydrogen-bond donors (Lipinski definition) is 2. The van der Waals surface area contributed by atoms with Gasteiger partial charge < -0.3 is 25.4 Å². The van der Waals surface area contributed by atoms with E-state index in [0.29, 0.717) is 5.56 Å². The van der Waals surface area contributed by atoms with Crippen molar-refractivity contribution >= 4 is 22.9 Å². The van der Waals surface area contributed by atoms with Crippen LogP contribution in [0.25, 0.3) is 22.3 Å². The summed E-state index contributed by atoms with van der Waals surface area (Å²) in [6.07, 6.45) is 0. The fraction of sp³-hybridized carbons (Fsp3) is 0.105. The minimum atomic E-state index is -0.791. The predicted molar refractivity (Wildman–Crippen MR) is 97.3 cm³/mol. The monoisotopic (exact) mass is 368 g/mol. The van der Waals surface area contributed by atoms with Crippen molar-refractivity contribution in [1.29, 1.82) is 0 Å². The Morgan fingerprint density at radius 2 is 1.59 bits per heavy atom. The van der Waals surface area contributed by atoms with Crippen molar-refractivity contribution in [1.82, 2.24) is 0 Å². The summed E-state index contributed by atoms with van der Waals surface area (Å²) in [6, 6.07) is 13.0. The van der Waals surface area contributed by atoms with Crippen molar-refractivity contribution in [2.45, 2.75) is 0 Å². The Hall–Kier alpha value is -3.49. The quantitative estimate of drug-likeness (QED) is 0.506. The van der Waals surface area contributed by atoms with Crippen LogP contribution in [0.4, 0.5) is 0 Å². The first-order valence-electron chi connectivity index (χ1n) is 8.01. The van der Waals surface area contributed by atoms with E-state index in [1.165, 1.54) is 18.2 Å². The van der Waals surface area contributed by atoms with E-state index in [-0.39, 0.29) is 40.2 Å². The molecule has 0 radical (unpaired) electrons. The van der Waals surface area contributed by atoms with Crippen molar-refractivity contribution < 1.29 is 23.5 Å². The van der Waals surface area contributed by atoms with Crippen LogP contribution in [0.2, 0.25) is 0 Å². The second-order valence-electron chi connectivity index (χ2n) is 5.47. The van der Waals surface area contributed by atoms with Crippen molar-refractivity contribution in [3.05, 3.63) is 58.8 Å². The largest absolute Gasteiger partial charge is 0.452 e. The Balaban J connectivity index is 2.25. The molecule has 0 spiro atoms. The molecule has 0 bridgehead atoms. The van der Waals surface area contributed by atoms with Crippen LogP contribution in [0.3, 0.4) is 0 Å². The molecule has 138 valence electrons. The highest BCUT2D eigenvalue weighted by atomic mass is 16.6. The number of nitrogens with two attached hydrogens (primary N) is 2. The number of hydrogen-bond acceptors (Lipinski definition) is 8. The molecule has 4 N–H and O–H groups in total. The van der Waals surface area contributed by atoms with Gasteiger partial charge in [-0.1, -0.05) is 30.3 Å². The van der Waals surface area contributed by atoms with Gasteiger partial charge in [0.1, 0.15) is 5.76 Å². The highest BCUT2D eigenvalue weighted by Crippen LogP contribution is 2.36. The highest BCUT2D eigenvalue weighted by molar-refractivity contribution is 5.90. The Morgan fingerprint density at radius 3 is 2.26 bits per heavy atom. The van der Waals surface area contributed by atoms with E-state index in [1.807, 2.05) is 6.07 Å². The summed E-state index contributed by atoms with van der Waals surface area (Å²) in [7, 11) is 0. The third-order valence-corrected chi connectivity index (χ3v) is 3.65. The molecule has 3 aromatic rings. The van der Waals surface area contributed by atoms with Gasteiger partial charge in [0.2, 0.25) is 5.75 Å². The van der Waals surface area contributed by atoms with Gasteiger partial charge in [0.25, 0.3) is 0 Å².